The van der Waals surface area contributed by atoms with Crippen LogP contribution in [0.15, 0.2) is 0 Å². The predicted molar refractivity (Wildman–Crippen MR) is 42.0 cm³/mol. The largest absolute Gasteiger partial charge is 1.00 e. The van der Waals surface area contributed by atoms with Crippen LogP contribution >= 0.6 is 11.6 Å². The third kappa shape index (κ3) is 1.64. The first kappa shape index (κ1) is 9.59. The van der Waals surface area contributed by atoms with Crippen molar-refractivity contribution < 1.29 is 16.9 Å². The molecular formula is C7H14Cl2N2. The van der Waals surface area contributed by atoms with Gasteiger partial charge in [0.05, 0.1) is 19.6 Å². The van der Waals surface area contributed by atoms with Crippen molar-refractivity contribution in [3.8, 4) is 0 Å². The molecule has 0 aromatic heterocycles. The first-order valence-electron chi connectivity index (χ1n) is 3.98. The number of hydrogen-bond acceptors (Lipinski definition) is 1. The fraction of sp³-hybridized carbons (Fsp3) is 1.00. The summed E-state index contributed by atoms with van der Waals surface area (Å²) in [5.74, 6) is 0. The molecule has 66 valence electrons. The van der Waals surface area contributed by atoms with Crippen molar-refractivity contribution in [3.63, 3.8) is 0 Å². The van der Waals surface area contributed by atoms with Gasteiger partial charge in [-0.2, -0.15) is 0 Å². The lowest BCUT2D eigenvalue weighted by molar-refractivity contribution is -0.930. The van der Waals surface area contributed by atoms with E-state index in [1.807, 2.05) is 0 Å². The summed E-state index contributed by atoms with van der Waals surface area (Å²) in [5, 5.41) is 0. The van der Waals surface area contributed by atoms with E-state index in [0.29, 0.717) is 0 Å². The highest BCUT2D eigenvalue weighted by Gasteiger charge is 2.37. The van der Waals surface area contributed by atoms with Crippen LogP contribution in [0.1, 0.15) is 0 Å². The predicted octanol–water partition coefficient (Wildman–Crippen LogP) is -2.67. The molecule has 2 nitrogen and oxygen atoms in total. The van der Waals surface area contributed by atoms with Crippen molar-refractivity contribution in [3.05, 3.63) is 0 Å². The van der Waals surface area contributed by atoms with Gasteiger partial charge in [0.15, 0.2) is 6.00 Å². The monoisotopic (exact) mass is 196 g/mol. The highest BCUT2D eigenvalue weighted by atomic mass is 35.5. The van der Waals surface area contributed by atoms with E-state index in [4.69, 9.17) is 11.6 Å². The van der Waals surface area contributed by atoms with Crippen molar-refractivity contribution in [1.29, 1.82) is 0 Å². The second kappa shape index (κ2) is 3.48. The average molecular weight is 197 g/mol. The first-order chi connectivity index (χ1) is 4.85. The lowest BCUT2D eigenvalue weighted by Crippen LogP contribution is -3.00. The van der Waals surface area contributed by atoms with Crippen LogP contribution in [0.4, 0.5) is 0 Å². The van der Waals surface area contributed by atoms with Gasteiger partial charge in [0.2, 0.25) is 0 Å². The highest BCUT2D eigenvalue weighted by Crippen LogP contribution is 2.19. The minimum atomic E-state index is 0. The van der Waals surface area contributed by atoms with Gasteiger partial charge in [0.25, 0.3) is 0 Å². The Morgan fingerprint density at radius 1 is 1.09 bits per heavy atom. The summed E-state index contributed by atoms with van der Waals surface area (Å²) < 4.78 is 1.18. The number of fused-ring (bicyclic) bond motifs is 3. The maximum atomic E-state index is 5.92. The number of nitrogens with zero attached hydrogens (tertiary/aromatic N) is 2. The molecule has 3 aliphatic rings. The fourth-order valence-electron chi connectivity index (χ4n) is 1.91. The van der Waals surface area contributed by atoms with Gasteiger partial charge < -0.3 is 16.9 Å². The number of piperazine rings is 3. The van der Waals surface area contributed by atoms with E-state index in [0.717, 1.165) is 6.00 Å². The smallest absolute Gasteiger partial charge is 0.155 e. The Balaban J connectivity index is 0.000000605. The van der Waals surface area contributed by atoms with Crippen LogP contribution < -0.4 is 12.4 Å². The fourth-order valence-corrected chi connectivity index (χ4v) is 2.27. The summed E-state index contributed by atoms with van der Waals surface area (Å²) in [4.78, 5) is 2.53. The number of hydrogen-bond donors (Lipinski definition) is 0. The van der Waals surface area contributed by atoms with E-state index in [2.05, 4.69) is 4.90 Å². The molecule has 0 amide bonds. The maximum absolute atomic E-state index is 5.92. The van der Waals surface area contributed by atoms with Gasteiger partial charge in [-0.1, -0.05) is 11.6 Å². The van der Waals surface area contributed by atoms with Gasteiger partial charge in [0, 0.05) is 19.6 Å². The van der Waals surface area contributed by atoms with Crippen LogP contribution in [0.5, 0.6) is 0 Å². The molecule has 3 saturated heterocycles. The van der Waals surface area contributed by atoms with E-state index in [-0.39, 0.29) is 12.4 Å². The zero-order valence-electron chi connectivity index (χ0n) is 6.60. The van der Waals surface area contributed by atoms with Crippen molar-refractivity contribution in [1.82, 2.24) is 4.90 Å². The Morgan fingerprint density at radius 3 is 1.82 bits per heavy atom. The van der Waals surface area contributed by atoms with Crippen molar-refractivity contribution in [2.45, 2.75) is 0 Å². The summed E-state index contributed by atoms with van der Waals surface area (Å²) in [6.45, 7) is 7.66. The van der Waals surface area contributed by atoms with Gasteiger partial charge in [-0.05, 0) is 0 Å². The molecule has 11 heavy (non-hydrogen) atoms. The van der Waals surface area contributed by atoms with Crippen LogP contribution in [-0.4, -0.2) is 54.7 Å². The van der Waals surface area contributed by atoms with Crippen LogP contribution in [0.25, 0.3) is 0 Å². The Kier molecular flexibility index (Phi) is 3.03. The van der Waals surface area contributed by atoms with E-state index in [1.165, 1.54) is 43.8 Å². The normalized spacial score (nSPS) is 41.7. The molecule has 0 spiro atoms. The number of rotatable bonds is 1. The number of alkyl halides is 1. The molecule has 0 aromatic carbocycles. The molecule has 0 N–H and O–H groups in total. The molecule has 3 aliphatic heterocycles. The molecule has 0 unspecified atom stereocenters. The highest BCUT2D eigenvalue weighted by molar-refractivity contribution is 6.17. The topological polar surface area (TPSA) is 3.24 Å². The summed E-state index contributed by atoms with van der Waals surface area (Å²) in [6, 6.07) is 0.827. The third-order valence-corrected chi connectivity index (χ3v) is 3.43. The molecule has 0 aromatic rings. The van der Waals surface area contributed by atoms with Gasteiger partial charge in [-0.15, -0.1) is 0 Å². The Labute approximate surface area is 79.1 Å². The zero-order valence-corrected chi connectivity index (χ0v) is 8.11. The van der Waals surface area contributed by atoms with Crippen molar-refractivity contribution in [2.75, 3.05) is 45.3 Å². The average Bonchev–Trinajstić information content (AvgIpc) is 2.08. The van der Waals surface area contributed by atoms with E-state index >= 15 is 0 Å². The minimum absolute atomic E-state index is 0. The molecule has 0 saturated carbocycles. The van der Waals surface area contributed by atoms with Gasteiger partial charge in [0.1, 0.15) is 0 Å². The van der Waals surface area contributed by atoms with Crippen LogP contribution in [0.2, 0.25) is 0 Å². The van der Waals surface area contributed by atoms with Crippen LogP contribution in [0, 0.1) is 0 Å². The lowest BCUT2D eigenvalue weighted by Gasteiger charge is -2.49. The van der Waals surface area contributed by atoms with Gasteiger partial charge >= 0.3 is 0 Å². The SMILES string of the molecule is ClC[N+]12CCN(CC1)CC2.[Cl-]. The molecule has 3 rings (SSSR count). The molecule has 3 heterocycles. The second-order valence-electron chi connectivity index (χ2n) is 3.47. The van der Waals surface area contributed by atoms with Crippen LogP contribution in [-0.2, 0) is 0 Å². The quantitative estimate of drug-likeness (QED) is 0.252. The molecule has 0 radical (unpaired) electrons. The van der Waals surface area contributed by atoms with E-state index < -0.39 is 0 Å². The summed E-state index contributed by atoms with van der Waals surface area (Å²) >= 11 is 5.92. The summed E-state index contributed by atoms with van der Waals surface area (Å²) in [5.41, 5.74) is 0. The molecule has 0 atom stereocenters. The molecule has 0 aliphatic carbocycles. The minimum Gasteiger partial charge on any atom is -1.00 e. The van der Waals surface area contributed by atoms with E-state index in [9.17, 15) is 0 Å². The van der Waals surface area contributed by atoms with Crippen molar-refractivity contribution >= 4 is 11.6 Å². The Hall–Kier alpha value is 0.500. The van der Waals surface area contributed by atoms with E-state index in [1.54, 1.807) is 0 Å². The summed E-state index contributed by atoms with van der Waals surface area (Å²) in [7, 11) is 0. The zero-order chi connectivity index (χ0) is 7.03. The lowest BCUT2D eigenvalue weighted by atomic mass is 10.2. The molecule has 2 bridgehead atoms. The van der Waals surface area contributed by atoms with Gasteiger partial charge in [-0.3, -0.25) is 4.90 Å². The second-order valence-corrected chi connectivity index (χ2v) is 3.71. The van der Waals surface area contributed by atoms with Crippen LogP contribution in [0.3, 0.4) is 0 Å². The van der Waals surface area contributed by atoms with Crippen molar-refractivity contribution in [2.24, 2.45) is 0 Å². The maximum Gasteiger partial charge on any atom is 0.155 e. The Morgan fingerprint density at radius 2 is 1.55 bits per heavy atom. The summed E-state index contributed by atoms with van der Waals surface area (Å²) in [6.07, 6.45) is 0. The third-order valence-electron chi connectivity index (χ3n) is 2.93. The number of quaternary nitrogens is 1. The van der Waals surface area contributed by atoms with Gasteiger partial charge in [-0.25, -0.2) is 0 Å². The number of halogens is 2. The standard InChI is InChI=1S/C7H14ClN2.ClH/c8-7-10-4-1-9(2-5-10)3-6-10;/h1-7H2;1H/q+1;/p-1. The first-order valence-corrected chi connectivity index (χ1v) is 4.52. The molecule has 3 fully saturated rings. The Bertz CT molecular complexity index is 119. The molecule has 4 heteroatoms. The molecular weight excluding hydrogens is 183 g/mol.